The molecule has 4 aromatic rings. The number of benzene rings is 3. The van der Waals surface area contributed by atoms with Gasteiger partial charge in [-0.15, -0.1) is 0 Å². The lowest BCUT2D eigenvalue weighted by molar-refractivity contribution is -0.122. The predicted octanol–water partition coefficient (Wildman–Crippen LogP) is 4.71. The molecule has 0 bridgehead atoms. The molecule has 3 unspecified atom stereocenters. The van der Waals surface area contributed by atoms with Crippen LogP contribution in [0.5, 0.6) is 0 Å². The number of nitrogens with zero attached hydrogens (tertiary/aromatic N) is 1. The Labute approximate surface area is 190 Å². The fourth-order valence-corrected chi connectivity index (χ4v) is 5.53. The maximum atomic E-state index is 13.8. The van der Waals surface area contributed by atoms with Gasteiger partial charge in [0.25, 0.3) is 0 Å². The lowest BCUT2D eigenvalue weighted by Gasteiger charge is -2.32. The highest BCUT2D eigenvalue weighted by molar-refractivity contribution is 6.24. The van der Waals surface area contributed by atoms with Crippen LogP contribution in [0.3, 0.4) is 0 Å². The van der Waals surface area contributed by atoms with E-state index in [9.17, 15) is 14.4 Å². The van der Waals surface area contributed by atoms with E-state index in [1.165, 1.54) is 4.90 Å². The molecule has 0 saturated carbocycles. The third-order valence-electron chi connectivity index (χ3n) is 6.97. The quantitative estimate of drug-likeness (QED) is 0.338. The van der Waals surface area contributed by atoms with Crippen molar-refractivity contribution >= 4 is 28.5 Å². The Kier molecular flexibility index (Phi) is 4.34. The average molecular weight is 435 g/mol. The summed E-state index contributed by atoms with van der Waals surface area (Å²) >= 11 is 0. The van der Waals surface area contributed by atoms with Gasteiger partial charge in [-0.3, -0.25) is 9.59 Å². The topological polar surface area (TPSA) is 67.6 Å². The number of rotatable bonds is 2. The molecule has 6 rings (SSSR count). The summed E-state index contributed by atoms with van der Waals surface area (Å²) in [5.41, 5.74) is 3.63. The monoisotopic (exact) mass is 435 g/mol. The van der Waals surface area contributed by atoms with E-state index in [4.69, 9.17) is 4.42 Å². The van der Waals surface area contributed by atoms with Crippen LogP contribution in [0.15, 0.2) is 88.1 Å². The molecule has 5 nitrogen and oxygen atoms in total. The highest BCUT2D eigenvalue weighted by Crippen LogP contribution is 2.50. The van der Waals surface area contributed by atoms with Crippen LogP contribution in [0.1, 0.15) is 34.1 Å². The van der Waals surface area contributed by atoms with Crippen molar-refractivity contribution in [2.24, 2.45) is 5.92 Å². The first-order valence-electron chi connectivity index (χ1n) is 11.1. The second kappa shape index (κ2) is 7.27. The van der Waals surface area contributed by atoms with Crippen molar-refractivity contribution in [1.82, 2.24) is 0 Å². The zero-order valence-electron chi connectivity index (χ0n) is 18.0. The zero-order chi connectivity index (χ0) is 22.7. The van der Waals surface area contributed by atoms with Gasteiger partial charge in [0, 0.05) is 11.3 Å². The van der Waals surface area contributed by atoms with Crippen molar-refractivity contribution in [3.8, 4) is 0 Å². The van der Waals surface area contributed by atoms with Crippen LogP contribution in [0, 0.1) is 12.8 Å². The molecule has 33 heavy (non-hydrogen) atoms. The van der Waals surface area contributed by atoms with Crippen LogP contribution in [-0.2, 0) is 16.0 Å². The van der Waals surface area contributed by atoms with Crippen molar-refractivity contribution in [2.75, 3.05) is 4.90 Å². The number of aryl methyl sites for hydroxylation is 1. The summed E-state index contributed by atoms with van der Waals surface area (Å²) in [6, 6.07) is 24.5. The van der Waals surface area contributed by atoms with Gasteiger partial charge in [0.05, 0.1) is 23.1 Å². The molecule has 2 heterocycles. The molecule has 0 N–H and O–H groups in total. The predicted molar refractivity (Wildman–Crippen MR) is 125 cm³/mol. The zero-order valence-corrected chi connectivity index (χ0v) is 18.0. The first kappa shape index (κ1) is 19.7. The van der Waals surface area contributed by atoms with Crippen LogP contribution in [0.4, 0.5) is 5.69 Å². The van der Waals surface area contributed by atoms with Gasteiger partial charge in [0.15, 0.2) is 0 Å². The van der Waals surface area contributed by atoms with Gasteiger partial charge < -0.3 is 4.42 Å². The van der Waals surface area contributed by atoms with Crippen molar-refractivity contribution in [2.45, 2.75) is 25.2 Å². The summed E-state index contributed by atoms with van der Waals surface area (Å²) in [6.45, 7) is 1.94. The molecule has 162 valence electrons. The van der Waals surface area contributed by atoms with Crippen molar-refractivity contribution in [3.05, 3.63) is 112 Å². The van der Waals surface area contributed by atoms with Gasteiger partial charge in [-0.1, -0.05) is 60.7 Å². The highest BCUT2D eigenvalue weighted by Gasteiger charge is 2.56. The Morgan fingerprint density at radius 1 is 0.848 bits per heavy atom. The van der Waals surface area contributed by atoms with Gasteiger partial charge in [0.2, 0.25) is 11.8 Å². The number of imide groups is 1. The molecule has 1 aliphatic heterocycles. The van der Waals surface area contributed by atoms with E-state index in [1.807, 2.05) is 61.5 Å². The fourth-order valence-electron chi connectivity index (χ4n) is 5.53. The summed E-state index contributed by atoms with van der Waals surface area (Å²) in [5.74, 6) is -2.37. The molecule has 1 fully saturated rings. The summed E-state index contributed by atoms with van der Waals surface area (Å²) in [4.78, 5) is 42.0. The Balaban J connectivity index is 1.62. The molecular weight excluding hydrogens is 414 g/mol. The lowest BCUT2D eigenvalue weighted by atomic mass is 9.67. The molecule has 1 aliphatic carbocycles. The van der Waals surface area contributed by atoms with Crippen molar-refractivity contribution in [1.29, 1.82) is 0 Å². The number of hydrogen-bond acceptors (Lipinski definition) is 4. The summed E-state index contributed by atoms with van der Waals surface area (Å²) < 4.78 is 5.68. The molecule has 2 aliphatic rings. The second-order valence-corrected chi connectivity index (χ2v) is 8.85. The number of anilines is 1. The summed E-state index contributed by atoms with van der Waals surface area (Å²) in [5, 5.41) is 0.827. The molecule has 1 saturated heterocycles. The van der Waals surface area contributed by atoms with Crippen molar-refractivity contribution in [3.63, 3.8) is 0 Å². The van der Waals surface area contributed by atoms with E-state index >= 15 is 0 Å². The molecule has 0 radical (unpaired) electrons. The van der Waals surface area contributed by atoms with Crippen molar-refractivity contribution < 1.29 is 14.0 Å². The minimum absolute atomic E-state index is 0.222. The van der Waals surface area contributed by atoms with Crippen LogP contribution in [0.25, 0.3) is 11.0 Å². The van der Waals surface area contributed by atoms with E-state index in [0.717, 1.165) is 22.1 Å². The fraction of sp³-hybridized carbons (Fsp3) is 0.179. The third kappa shape index (κ3) is 2.89. The minimum Gasteiger partial charge on any atom is -0.422 e. The van der Waals surface area contributed by atoms with Crippen LogP contribution in [-0.4, -0.2) is 11.8 Å². The van der Waals surface area contributed by atoms with E-state index in [2.05, 4.69) is 0 Å². The van der Waals surface area contributed by atoms with Gasteiger partial charge >= 0.3 is 5.63 Å². The van der Waals surface area contributed by atoms with Gasteiger partial charge in [-0.2, -0.15) is 0 Å². The van der Waals surface area contributed by atoms with Crippen LogP contribution >= 0.6 is 0 Å². The molecule has 3 atom stereocenters. The first-order chi connectivity index (χ1) is 16.0. The molecule has 0 spiro atoms. The summed E-state index contributed by atoms with van der Waals surface area (Å²) in [7, 11) is 0. The number of hydrogen-bond donors (Lipinski definition) is 0. The standard InChI is InChI=1S/C28H21NO4/c1-16-12-13-19-21-15-20(17-8-4-2-5-9-17)23-25(24(21)28(32)33-22(19)14-16)27(31)29(26(23)30)18-10-6-3-7-11-18/h2-14,20,23,25H,15H2,1H3. The third-order valence-corrected chi connectivity index (χ3v) is 6.97. The first-order valence-corrected chi connectivity index (χ1v) is 11.1. The highest BCUT2D eigenvalue weighted by atomic mass is 16.4. The average Bonchev–Trinajstić information content (AvgIpc) is 3.09. The van der Waals surface area contributed by atoms with E-state index in [0.29, 0.717) is 23.3 Å². The van der Waals surface area contributed by atoms with Crippen LogP contribution in [0.2, 0.25) is 0 Å². The lowest BCUT2D eigenvalue weighted by Crippen LogP contribution is -2.34. The second-order valence-electron chi connectivity index (χ2n) is 8.85. The molecule has 2 amide bonds. The SMILES string of the molecule is Cc1ccc2c3c(c(=O)oc2c1)C1C(=O)N(c2ccccc2)C(=O)C1C(c1ccccc1)C3. The number of carbonyl (C=O) groups is 2. The number of fused-ring (bicyclic) bond motifs is 5. The van der Waals surface area contributed by atoms with Crippen LogP contribution < -0.4 is 10.5 Å². The Bertz CT molecular complexity index is 1470. The van der Waals surface area contributed by atoms with Gasteiger partial charge in [0.1, 0.15) is 5.58 Å². The van der Waals surface area contributed by atoms with E-state index in [-0.39, 0.29) is 17.7 Å². The van der Waals surface area contributed by atoms with Gasteiger partial charge in [-0.05, 0) is 48.2 Å². The largest absolute Gasteiger partial charge is 0.422 e. The van der Waals surface area contributed by atoms with E-state index in [1.54, 1.807) is 24.3 Å². The number of amides is 2. The minimum atomic E-state index is -0.867. The molecular formula is C28H21NO4. The molecule has 3 aromatic carbocycles. The Morgan fingerprint density at radius 3 is 2.27 bits per heavy atom. The number of para-hydroxylation sites is 1. The maximum absolute atomic E-state index is 13.8. The maximum Gasteiger partial charge on any atom is 0.340 e. The van der Waals surface area contributed by atoms with Gasteiger partial charge in [-0.25, -0.2) is 9.69 Å². The number of carbonyl (C=O) groups excluding carboxylic acids is 2. The van der Waals surface area contributed by atoms with E-state index < -0.39 is 17.5 Å². The normalized spacial score (nSPS) is 21.8. The Hall–Kier alpha value is -3.99. The summed E-state index contributed by atoms with van der Waals surface area (Å²) in [6.07, 6.45) is 0.493. The Morgan fingerprint density at radius 2 is 1.55 bits per heavy atom. The smallest absolute Gasteiger partial charge is 0.340 e. The molecule has 5 heteroatoms. The molecule has 1 aromatic heterocycles.